The summed E-state index contributed by atoms with van der Waals surface area (Å²) in [4.78, 5) is 4.29. The summed E-state index contributed by atoms with van der Waals surface area (Å²) in [6, 6.07) is 10.5. The van der Waals surface area contributed by atoms with Crippen molar-refractivity contribution in [2.75, 3.05) is 5.32 Å². The molecule has 2 N–H and O–H groups in total. The molecule has 1 atom stereocenters. The molecule has 1 aromatic carbocycles. The summed E-state index contributed by atoms with van der Waals surface area (Å²) in [6.45, 7) is 8.35. The van der Waals surface area contributed by atoms with Crippen molar-refractivity contribution in [2.24, 2.45) is 0 Å². The SMILES string of the molecule is Cc1ccc([C@H](C)NC(=S)Nc2ncccc2C)cc1C. The molecule has 0 radical (unpaired) electrons. The van der Waals surface area contributed by atoms with Gasteiger partial charge in [0.25, 0.3) is 0 Å². The molecule has 0 saturated carbocycles. The van der Waals surface area contributed by atoms with Gasteiger partial charge in [-0.2, -0.15) is 0 Å². The van der Waals surface area contributed by atoms with Crippen LogP contribution in [0.2, 0.25) is 0 Å². The Morgan fingerprint density at radius 2 is 1.86 bits per heavy atom. The third kappa shape index (κ3) is 4.02. The molecule has 0 unspecified atom stereocenters. The molecular formula is C17H21N3S. The van der Waals surface area contributed by atoms with Gasteiger partial charge in [-0.15, -0.1) is 0 Å². The Balaban J connectivity index is 2.02. The molecule has 0 aliphatic rings. The Bertz CT molecular complexity index is 652. The fourth-order valence-corrected chi connectivity index (χ4v) is 2.35. The van der Waals surface area contributed by atoms with Crippen LogP contribution in [0.4, 0.5) is 5.82 Å². The number of hydrogen-bond acceptors (Lipinski definition) is 2. The lowest BCUT2D eigenvalue weighted by Crippen LogP contribution is -2.31. The van der Waals surface area contributed by atoms with Gasteiger partial charge in [0.15, 0.2) is 5.11 Å². The molecule has 0 amide bonds. The van der Waals surface area contributed by atoms with E-state index < -0.39 is 0 Å². The maximum absolute atomic E-state index is 5.37. The highest BCUT2D eigenvalue weighted by Gasteiger charge is 2.09. The van der Waals surface area contributed by atoms with Gasteiger partial charge < -0.3 is 10.6 Å². The number of nitrogens with one attached hydrogen (secondary N) is 2. The van der Waals surface area contributed by atoms with Crippen LogP contribution in [-0.2, 0) is 0 Å². The highest BCUT2D eigenvalue weighted by atomic mass is 32.1. The molecule has 0 aliphatic heterocycles. The number of thiocarbonyl (C=S) groups is 1. The van der Waals surface area contributed by atoms with E-state index in [1.165, 1.54) is 16.7 Å². The largest absolute Gasteiger partial charge is 0.356 e. The van der Waals surface area contributed by atoms with Crippen LogP contribution in [-0.4, -0.2) is 10.1 Å². The Kier molecular flexibility index (Phi) is 4.91. The number of anilines is 1. The number of aromatic nitrogens is 1. The molecule has 0 spiro atoms. The van der Waals surface area contributed by atoms with E-state index in [2.05, 4.69) is 54.6 Å². The number of hydrogen-bond donors (Lipinski definition) is 2. The molecule has 0 saturated heterocycles. The highest BCUT2D eigenvalue weighted by molar-refractivity contribution is 7.80. The van der Waals surface area contributed by atoms with E-state index >= 15 is 0 Å². The molecule has 3 nitrogen and oxygen atoms in total. The van der Waals surface area contributed by atoms with Gasteiger partial charge in [0.05, 0.1) is 6.04 Å². The van der Waals surface area contributed by atoms with E-state index in [1.807, 2.05) is 19.1 Å². The predicted molar refractivity (Wildman–Crippen MR) is 92.7 cm³/mol. The van der Waals surface area contributed by atoms with Crippen molar-refractivity contribution in [3.8, 4) is 0 Å². The number of pyridine rings is 1. The van der Waals surface area contributed by atoms with Gasteiger partial charge in [0.2, 0.25) is 0 Å². The smallest absolute Gasteiger partial charge is 0.172 e. The average molecular weight is 299 g/mol. The first-order chi connectivity index (χ1) is 9.97. The van der Waals surface area contributed by atoms with Crippen molar-refractivity contribution in [1.82, 2.24) is 10.3 Å². The third-order valence-corrected chi connectivity index (χ3v) is 3.84. The van der Waals surface area contributed by atoms with Gasteiger partial charge >= 0.3 is 0 Å². The molecule has 1 heterocycles. The van der Waals surface area contributed by atoms with Crippen LogP contribution in [0.5, 0.6) is 0 Å². The molecule has 2 aromatic rings. The lowest BCUT2D eigenvalue weighted by Gasteiger charge is -2.18. The normalized spacial score (nSPS) is 11.8. The summed E-state index contributed by atoms with van der Waals surface area (Å²) in [5, 5.41) is 7.03. The van der Waals surface area contributed by atoms with E-state index in [4.69, 9.17) is 12.2 Å². The quantitative estimate of drug-likeness (QED) is 0.838. The minimum atomic E-state index is 0.147. The minimum Gasteiger partial charge on any atom is -0.356 e. The Labute approximate surface area is 131 Å². The van der Waals surface area contributed by atoms with Crippen LogP contribution in [0.1, 0.15) is 35.2 Å². The van der Waals surface area contributed by atoms with E-state index in [-0.39, 0.29) is 6.04 Å². The monoisotopic (exact) mass is 299 g/mol. The maximum Gasteiger partial charge on any atom is 0.172 e. The van der Waals surface area contributed by atoms with Crippen LogP contribution in [0.25, 0.3) is 0 Å². The van der Waals surface area contributed by atoms with Crippen LogP contribution in [0.15, 0.2) is 36.5 Å². The second-order valence-electron chi connectivity index (χ2n) is 5.33. The second kappa shape index (κ2) is 6.68. The first-order valence-corrected chi connectivity index (χ1v) is 7.44. The molecular weight excluding hydrogens is 278 g/mol. The highest BCUT2D eigenvalue weighted by Crippen LogP contribution is 2.17. The van der Waals surface area contributed by atoms with E-state index in [0.717, 1.165) is 11.4 Å². The molecule has 0 fully saturated rings. The second-order valence-corrected chi connectivity index (χ2v) is 5.74. The van der Waals surface area contributed by atoms with Crippen molar-refractivity contribution in [2.45, 2.75) is 33.7 Å². The number of aryl methyl sites for hydroxylation is 3. The predicted octanol–water partition coefficient (Wildman–Crippen LogP) is 4.05. The van der Waals surface area contributed by atoms with Gasteiger partial charge in [-0.25, -0.2) is 4.98 Å². The van der Waals surface area contributed by atoms with Crippen LogP contribution in [0.3, 0.4) is 0 Å². The lowest BCUT2D eigenvalue weighted by molar-refractivity contribution is 0.721. The molecule has 21 heavy (non-hydrogen) atoms. The zero-order chi connectivity index (χ0) is 15.4. The van der Waals surface area contributed by atoms with Gasteiger partial charge in [-0.1, -0.05) is 24.3 Å². The van der Waals surface area contributed by atoms with Crippen molar-refractivity contribution in [3.05, 3.63) is 58.8 Å². The lowest BCUT2D eigenvalue weighted by atomic mass is 10.0. The molecule has 1 aromatic heterocycles. The summed E-state index contributed by atoms with van der Waals surface area (Å²) in [5.74, 6) is 0.794. The van der Waals surface area contributed by atoms with E-state index in [9.17, 15) is 0 Å². The number of benzene rings is 1. The van der Waals surface area contributed by atoms with Gasteiger partial charge in [-0.05, 0) is 68.2 Å². The fourth-order valence-electron chi connectivity index (χ4n) is 2.07. The number of nitrogens with zero attached hydrogens (tertiary/aromatic N) is 1. The summed E-state index contributed by atoms with van der Waals surface area (Å²) in [5.41, 5.74) is 4.89. The van der Waals surface area contributed by atoms with Crippen molar-refractivity contribution in [1.29, 1.82) is 0 Å². The van der Waals surface area contributed by atoms with Crippen LogP contribution in [0, 0.1) is 20.8 Å². The van der Waals surface area contributed by atoms with Crippen molar-refractivity contribution in [3.63, 3.8) is 0 Å². The minimum absolute atomic E-state index is 0.147. The molecule has 0 bridgehead atoms. The third-order valence-electron chi connectivity index (χ3n) is 3.62. The summed E-state index contributed by atoms with van der Waals surface area (Å²) in [6.07, 6.45) is 1.75. The Morgan fingerprint density at radius 1 is 1.10 bits per heavy atom. The summed E-state index contributed by atoms with van der Waals surface area (Å²) < 4.78 is 0. The standard InChI is InChI=1S/C17H21N3S/c1-11-7-8-15(10-13(11)3)14(4)19-17(21)20-16-12(2)6-5-9-18-16/h5-10,14H,1-4H3,(H2,18,19,20,21)/t14-/m0/s1. The van der Waals surface area contributed by atoms with Crippen molar-refractivity contribution < 1.29 is 0 Å². The zero-order valence-electron chi connectivity index (χ0n) is 12.9. The Hall–Kier alpha value is -1.94. The average Bonchev–Trinajstić information content (AvgIpc) is 2.44. The van der Waals surface area contributed by atoms with Gasteiger partial charge in [0.1, 0.15) is 5.82 Å². The van der Waals surface area contributed by atoms with Crippen molar-refractivity contribution >= 4 is 23.1 Å². The summed E-state index contributed by atoms with van der Waals surface area (Å²) >= 11 is 5.37. The maximum atomic E-state index is 5.37. The molecule has 110 valence electrons. The molecule has 0 aliphatic carbocycles. The van der Waals surface area contributed by atoms with Crippen LogP contribution >= 0.6 is 12.2 Å². The van der Waals surface area contributed by atoms with E-state index in [1.54, 1.807) is 6.20 Å². The molecule has 2 rings (SSSR count). The number of rotatable bonds is 3. The topological polar surface area (TPSA) is 37.0 Å². The Morgan fingerprint density at radius 3 is 2.52 bits per heavy atom. The van der Waals surface area contributed by atoms with E-state index in [0.29, 0.717) is 5.11 Å². The van der Waals surface area contributed by atoms with Crippen LogP contribution < -0.4 is 10.6 Å². The molecule has 4 heteroatoms. The zero-order valence-corrected chi connectivity index (χ0v) is 13.7. The van der Waals surface area contributed by atoms with Gasteiger partial charge in [0, 0.05) is 6.20 Å². The van der Waals surface area contributed by atoms with Gasteiger partial charge in [-0.3, -0.25) is 0 Å². The first-order valence-electron chi connectivity index (χ1n) is 7.03. The fraction of sp³-hybridized carbons (Fsp3) is 0.294. The first kappa shape index (κ1) is 15.4. The summed E-state index contributed by atoms with van der Waals surface area (Å²) in [7, 11) is 0.